The monoisotopic (exact) mass is 300 g/mol. The summed E-state index contributed by atoms with van der Waals surface area (Å²) in [6.45, 7) is 4.00. The predicted molar refractivity (Wildman–Crippen MR) is 84.1 cm³/mol. The lowest BCUT2D eigenvalue weighted by molar-refractivity contribution is -0.135. The van der Waals surface area contributed by atoms with Gasteiger partial charge in [-0.3, -0.25) is 4.79 Å². The molecule has 116 valence electrons. The predicted octanol–water partition coefficient (Wildman–Crippen LogP) is 3.60. The molecule has 4 rings (SSSR count). The Morgan fingerprint density at radius 3 is 2.73 bits per heavy atom. The molecule has 4 heteroatoms. The van der Waals surface area contributed by atoms with Crippen molar-refractivity contribution in [2.75, 3.05) is 13.1 Å². The Labute approximate surface area is 129 Å². The molecule has 1 amide bonds. The first-order chi connectivity index (χ1) is 10.6. The van der Waals surface area contributed by atoms with E-state index in [4.69, 9.17) is 0 Å². The van der Waals surface area contributed by atoms with Crippen LogP contribution in [-0.2, 0) is 10.2 Å². The van der Waals surface area contributed by atoms with Crippen LogP contribution < -0.4 is 0 Å². The second-order valence-corrected chi connectivity index (χ2v) is 6.95. The van der Waals surface area contributed by atoms with Crippen LogP contribution in [0.4, 0.5) is 4.39 Å². The lowest BCUT2D eigenvalue weighted by atomic mass is 9.91. The van der Waals surface area contributed by atoms with E-state index in [1.807, 2.05) is 11.1 Å². The van der Waals surface area contributed by atoms with Crippen LogP contribution in [0.3, 0.4) is 0 Å². The number of aromatic nitrogens is 1. The van der Waals surface area contributed by atoms with Crippen molar-refractivity contribution in [1.29, 1.82) is 0 Å². The maximum absolute atomic E-state index is 13.3. The second kappa shape index (κ2) is 4.83. The van der Waals surface area contributed by atoms with Crippen molar-refractivity contribution in [3.63, 3.8) is 0 Å². The molecule has 0 bridgehead atoms. The molecule has 2 aliphatic rings. The summed E-state index contributed by atoms with van der Waals surface area (Å²) in [5.74, 6) is 0.738. The summed E-state index contributed by atoms with van der Waals surface area (Å²) in [6, 6.07) is 4.77. The zero-order valence-electron chi connectivity index (χ0n) is 12.9. The Morgan fingerprint density at radius 2 is 2.05 bits per heavy atom. The molecule has 1 aliphatic heterocycles. The first kappa shape index (κ1) is 13.8. The van der Waals surface area contributed by atoms with Crippen molar-refractivity contribution >= 4 is 16.8 Å². The number of hydrogen-bond acceptors (Lipinski definition) is 1. The fourth-order valence-electron chi connectivity index (χ4n) is 3.73. The van der Waals surface area contributed by atoms with Crippen molar-refractivity contribution in [2.24, 2.45) is 5.92 Å². The highest BCUT2D eigenvalue weighted by Gasteiger charge is 2.54. The summed E-state index contributed by atoms with van der Waals surface area (Å²) in [6.07, 6.45) is 5.91. The summed E-state index contributed by atoms with van der Waals surface area (Å²) >= 11 is 0. The lowest BCUT2D eigenvalue weighted by Crippen LogP contribution is -2.43. The number of rotatable bonds is 2. The average Bonchev–Trinajstić information content (AvgIpc) is 3.21. The maximum atomic E-state index is 13.3. The molecular weight excluding hydrogens is 279 g/mol. The third-order valence-electron chi connectivity index (χ3n) is 5.39. The van der Waals surface area contributed by atoms with Gasteiger partial charge < -0.3 is 9.88 Å². The third-order valence-corrected chi connectivity index (χ3v) is 5.39. The summed E-state index contributed by atoms with van der Waals surface area (Å²) in [7, 11) is 0. The summed E-state index contributed by atoms with van der Waals surface area (Å²) < 4.78 is 13.3. The second-order valence-electron chi connectivity index (χ2n) is 6.95. The fraction of sp³-hybridized carbons (Fsp3) is 0.500. The number of piperidine rings is 1. The number of carbonyl (C=O) groups excluding carboxylic acids is 1. The lowest BCUT2D eigenvalue weighted by Gasteiger charge is -2.33. The summed E-state index contributed by atoms with van der Waals surface area (Å²) in [5.41, 5.74) is 1.46. The van der Waals surface area contributed by atoms with Gasteiger partial charge in [-0.25, -0.2) is 4.39 Å². The van der Waals surface area contributed by atoms with Gasteiger partial charge in [0.15, 0.2) is 0 Å². The molecule has 22 heavy (non-hydrogen) atoms. The highest BCUT2D eigenvalue weighted by atomic mass is 19.1. The SMILES string of the molecule is CC1CCN(C(=O)C2(c3c[nH]c4cc(F)ccc34)CC2)CC1. The van der Waals surface area contributed by atoms with E-state index in [2.05, 4.69) is 11.9 Å². The van der Waals surface area contributed by atoms with E-state index >= 15 is 0 Å². The van der Waals surface area contributed by atoms with Gasteiger partial charge in [-0.2, -0.15) is 0 Å². The van der Waals surface area contributed by atoms with Gasteiger partial charge in [-0.15, -0.1) is 0 Å². The Kier molecular flexibility index (Phi) is 3.03. The zero-order valence-corrected chi connectivity index (χ0v) is 12.9. The van der Waals surface area contributed by atoms with Crippen molar-refractivity contribution in [2.45, 2.75) is 38.0 Å². The van der Waals surface area contributed by atoms with Crippen molar-refractivity contribution in [1.82, 2.24) is 9.88 Å². The molecule has 1 saturated heterocycles. The van der Waals surface area contributed by atoms with E-state index in [0.717, 1.165) is 61.2 Å². The number of nitrogens with zero attached hydrogens (tertiary/aromatic N) is 1. The molecule has 0 radical (unpaired) electrons. The first-order valence-electron chi connectivity index (χ1n) is 8.17. The number of carbonyl (C=O) groups is 1. The Hall–Kier alpha value is -1.84. The minimum atomic E-state index is -0.364. The Balaban J connectivity index is 1.66. The van der Waals surface area contributed by atoms with Gasteiger partial charge in [-0.05, 0) is 55.4 Å². The molecule has 1 aromatic carbocycles. The van der Waals surface area contributed by atoms with Crippen LogP contribution in [0.2, 0.25) is 0 Å². The smallest absolute Gasteiger partial charge is 0.233 e. The number of hydrogen-bond donors (Lipinski definition) is 1. The molecule has 1 aromatic heterocycles. The summed E-state index contributed by atoms with van der Waals surface area (Å²) in [5, 5.41) is 0.984. The van der Waals surface area contributed by atoms with Crippen molar-refractivity contribution in [3.05, 3.63) is 35.8 Å². The number of H-pyrrole nitrogens is 1. The van der Waals surface area contributed by atoms with E-state index in [-0.39, 0.29) is 17.1 Å². The van der Waals surface area contributed by atoms with Crippen LogP contribution in [0.5, 0.6) is 0 Å². The standard InChI is InChI=1S/C18H21FN2O/c1-12-4-8-21(9-5-12)17(22)18(6-7-18)15-11-20-16-10-13(19)2-3-14(15)16/h2-3,10-12,20H,4-9H2,1H3. The van der Waals surface area contributed by atoms with Gasteiger partial charge in [0, 0.05) is 30.2 Å². The molecule has 2 heterocycles. The number of amides is 1. The molecule has 0 spiro atoms. The van der Waals surface area contributed by atoms with Crippen LogP contribution in [-0.4, -0.2) is 28.9 Å². The molecule has 3 nitrogen and oxygen atoms in total. The van der Waals surface area contributed by atoms with E-state index in [1.165, 1.54) is 12.1 Å². The third kappa shape index (κ3) is 2.04. The van der Waals surface area contributed by atoms with Gasteiger partial charge in [-0.1, -0.05) is 6.92 Å². The van der Waals surface area contributed by atoms with Crippen LogP contribution in [0.25, 0.3) is 10.9 Å². The largest absolute Gasteiger partial charge is 0.361 e. The number of aromatic amines is 1. The molecule has 1 saturated carbocycles. The van der Waals surface area contributed by atoms with Crippen LogP contribution in [0, 0.1) is 11.7 Å². The van der Waals surface area contributed by atoms with Crippen LogP contribution in [0.15, 0.2) is 24.4 Å². The highest BCUT2D eigenvalue weighted by Crippen LogP contribution is 2.52. The first-order valence-corrected chi connectivity index (χ1v) is 8.17. The van der Waals surface area contributed by atoms with E-state index in [1.54, 1.807) is 6.07 Å². The van der Waals surface area contributed by atoms with Gasteiger partial charge in [0.2, 0.25) is 5.91 Å². The topological polar surface area (TPSA) is 36.1 Å². The van der Waals surface area contributed by atoms with Gasteiger partial charge in [0.25, 0.3) is 0 Å². The molecule has 2 fully saturated rings. The average molecular weight is 300 g/mol. The molecule has 0 atom stereocenters. The quantitative estimate of drug-likeness (QED) is 0.904. The van der Waals surface area contributed by atoms with Crippen molar-refractivity contribution in [3.8, 4) is 0 Å². The number of halogens is 1. The van der Waals surface area contributed by atoms with Crippen molar-refractivity contribution < 1.29 is 9.18 Å². The number of fused-ring (bicyclic) bond motifs is 1. The van der Waals surface area contributed by atoms with Crippen LogP contribution in [0.1, 0.15) is 38.2 Å². The molecule has 1 aliphatic carbocycles. The Bertz CT molecular complexity index is 724. The minimum absolute atomic E-state index is 0.248. The van der Waals surface area contributed by atoms with E-state index < -0.39 is 0 Å². The van der Waals surface area contributed by atoms with Gasteiger partial charge >= 0.3 is 0 Å². The van der Waals surface area contributed by atoms with Gasteiger partial charge in [0.05, 0.1) is 5.41 Å². The summed E-state index contributed by atoms with van der Waals surface area (Å²) in [4.78, 5) is 18.2. The van der Waals surface area contributed by atoms with Gasteiger partial charge in [0.1, 0.15) is 5.82 Å². The normalized spacial score (nSPS) is 21.3. The van der Waals surface area contributed by atoms with E-state index in [0.29, 0.717) is 0 Å². The van der Waals surface area contributed by atoms with E-state index in [9.17, 15) is 9.18 Å². The molecule has 0 unspecified atom stereocenters. The number of benzene rings is 1. The number of nitrogens with one attached hydrogen (secondary N) is 1. The highest BCUT2D eigenvalue weighted by molar-refractivity contribution is 5.97. The van der Waals surface area contributed by atoms with Crippen LogP contribution >= 0.6 is 0 Å². The minimum Gasteiger partial charge on any atom is -0.361 e. The molecule has 1 N–H and O–H groups in total. The Morgan fingerprint density at radius 1 is 1.32 bits per heavy atom. The maximum Gasteiger partial charge on any atom is 0.233 e. The molecular formula is C18H21FN2O. The molecule has 2 aromatic rings. The number of likely N-dealkylation sites (tertiary alicyclic amines) is 1. The zero-order chi connectivity index (χ0) is 15.3. The fourth-order valence-corrected chi connectivity index (χ4v) is 3.73.